The first-order valence-corrected chi connectivity index (χ1v) is 3.78. The molecule has 1 aromatic rings. The van der Waals surface area contributed by atoms with E-state index >= 15 is 0 Å². The smallest absolute Gasteiger partial charge is 0.0773 e. The minimum absolute atomic E-state index is 0.433. The number of pyridine rings is 1. The molecule has 0 bridgehead atoms. The van der Waals surface area contributed by atoms with Crippen molar-refractivity contribution in [1.82, 2.24) is 4.98 Å². The van der Waals surface area contributed by atoms with E-state index in [1.807, 2.05) is 0 Å². The lowest BCUT2D eigenvalue weighted by Gasteiger charge is -2.04. The largest absolute Gasteiger partial charge is 0.389 e. The second-order valence-electron chi connectivity index (χ2n) is 2.07. The summed E-state index contributed by atoms with van der Waals surface area (Å²) in [5, 5.41) is 9.15. The molecule has 0 aliphatic rings. The fourth-order valence-electron chi connectivity index (χ4n) is 0.725. The molecule has 54 valence electrons. The molecule has 3 heteroatoms. The maximum Gasteiger partial charge on any atom is 0.0773 e. The third-order valence-electron chi connectivity index (χ3n) is 1.25. The minimum atomic E-state index is -0.433. The van der Waals surface area contributed by atoms with Gasteiger partial charge in [-0.15, -0.1) is 0 Å². The first kappa shape index (κ1) is 7.69. The average molecular weight is 202 g/mol. The minimum Gasteiger partial charge on any atom is -0.389 e. The molecule has 0 aliphatic heterocycles. The molecule has 0 saturated carbocycles. The van der Waals surface area contributed by atoms with Crippen LogP contribution in [0.1, 0.15) is 18.6 Å². The Morgan fingerprint density at radius 3 is 2.80 bits per heavy atom. The van der Waals surface area contributed by atoms with Gasteiger partial charge in [-0.05, 0) is 34.5 Å². The zero-order valence-corrected chi connectivity index (χ0v) is 7.17. The van der Waals surface area contributed by atoms with Crippen molar-refractivity contribution in [3.05, 3.63) is 28.5 Å². The first-order chi connectivity index (χ1) is 4.72. The zero-order valence-electron chi connectivity index (χ0n) is 5.58. The second-order valence-corrected chi connectivity index (χ2v) is 2.93. The van der Waals surface area contributed by atoms with Crippen molar-refractivity contribution in [3.8, 4) is 0 Å². The maximum absolute atomic E-state index is 9.15. The van der Waals surface area contributed by atoms with Gasteiger partial charge in [0.2, 0.25) is 0 Å². The molecule has 0 radical (unpaired) electrons. The Balaban J connectivity index is 3.03. The predicted molar refractivity (Wildman–Crippen MR) is 42.6 cm³/mol. The second kappa shape index (κ2) is 3.12. The number of hydrogen-bond acceptors (Lipinski definition) is 2. The Morgan fingerprint density at radius 1 is 1.70 bits per heavy atom. The van der Waals surface area contributed by atoms with Crippen LogP contribution in [0, 0.1) is 0 Å². The molecule has 1 rings (SSSR count). The summed E-state index contributed by atoms with van der Waals surface area (Å²) in [6.07, 6.45) is 2.90. The lowest BCUT2D eigenvalue weighted by molar-refractivity contribution is 0.198. The monoisotopic (exact) mass is 201 g/mol. The summed E-state index contributed by atoms with van der Waals surface area (Å²) >= 11 is 3.27. The number of rotatable bonds is 1. The van der Waals surface area contributed by atoms with E-state index in [-0.39, 0.29) is 0 Å². The van der Waals surface area contributed by atoms with E-state index in [0.29, 0.717) is 0 Å². The Hall–Kier alpha value is -0.410. The maximum atomic E-state index is 9.15. The van der Waals surface area contributed by atoms with Gasteiger partial charge in [-0.1, -0.05) is 0 Å². The first-order valence-electron chi connectivity index (χ1n) is 2.99. The van der Waals surface area contributed by atoms with E-state index in [0.717, 1.165) is 10.0 Å². The predicted octanol–water partition coefficient (Wildman–Crippen LogP) is 1.90. The molecule has 0 spiro atoms. The highest BCUT2D eigenvalue weighted by molar-refractivity contribution is 9.10. The van der Waals surface area contributed by atoms with Gasteiger partial charge in [0.05, 0.1) is 6.10 Å². The summed E-state index contributed by atoms with van der Waals surface area (Å²) in [5.74, 6) is 0. The van der Waals surface area contributed by atoms with Gasteiger partial charge in [0, 0.05) is 16.9 Å². The topological polar surface area (TPSA) is 33.1 Å². The lowest BCUT2D eigenvalue weighted by atomic mass is 10.2. The van der Waals surface area contributed by atoms with Crippen LogP contribution in [-0.4, -0.2) is 10.1 Å². The Labute approximate surface area is 68.0 Å². The van der Waals surface area contributed by atoms with E-state index in [1.54, 1.807) is 25.4 Å². The molecule has 2 nitrogen and oxygen atoms in total. The molecular formula is C7H8BrNO. The standard InChI is InChI=1S/C7H8BrNO/c1-5(10)6-2-3-9-4-7(6)8/h2-5,10H,1H3/t5-/m1/s1. The quantitative estimate of drug-likeness (QED) is 0.754. The Kier molecular flexibility index (Phi) is 2.40. The van der Waals surface area contributed by atoms with Crippen LogP contribution < -0.4 is 0 Å². The van der Waals surface area contributed by atoms with Gasteiger partial charge >= 0.3 is 0 Å². The summed E-state index contributed by atoms with van der Waals surface area (Å²) < 4.78 is 0.852. The van der Waals surface area contributed by atoms with Crippen LogP contribution in [-0.2, 0) is 0 Å². The summed E-state index contributed by atoms with van der Waals surface area (Å²) in [6.45, 7) is 1.72. The van der Waals surface area contributed by atoms with Crippen molar-refractivity contribution < 1.29 is 5.11 Å². The van der Waals surface area contributed by atoms with Crippen LogP contribution >= 0.6 is 15.9 Å². The molecule has 1 N–H and O–H groups in total. The van der Waals surface area contributed by atoms with E-state index in [1.165, 1.54) is 0 Å². The molecule has 0 amide bonds. The third-order valence-corrected chi connectivity index (χ3v) is 1.92. The van der Waals surface area contributed by atoms with Crippen LogP contribution in [0.25, 0.3) is 0 Å². The molecule has 0 fully saturated rings. The van der Waals surface area contributed by atoms with Gasteiger partial charge in [0.25, 0.3) is 0 Å². The molecule has 1 atom stereocenters. The number of hydrogen-bond donors (Lipinski definition) is 1. The highest BCUT2D eigenvalue weighted by Gasteiger charge is 2.03. The fourth-order valence-corrected chi connectivity index (χ4v) is 1.31. The number of aliphatic hydroxyl groups is 1. The zero-order chi connectivity index (χ0) is 7.56. The van der Waals surface area contributed by atoms with Crippen LogP contribution in [0.4, 0.5) is 0 Å². The highest BCUT2D eigenvalue weighted by atomic mass is 79.9. The molecule has 1 aromatic heterocycles. The molecule has 1 heterocycles. The number of halogens is 1. The van der Waals surface area contributed by atoms with Crippen molar-refractivity contribution >= 4 is 15.9 Å². The van der Waals surface area contributed by atoms with Crippen LogP contribution in [0.15, 0.2) is 22.9 Å². The van der Waals surface area contributed by atoms with Crippen molar-refractivity contribution in [2.24, 2.45) is 0 Å². The molecule has 0 saturated heterocycles. The van der Waals surface area contributed by atoms with Crippen LogP contribution in [0.2, 0.25) is 0 Å². The summed E-state index contributed by atoms with van der Waals surface area (Å²) in [7, 11) is 0. The summed E-state index contributed by atoms with van der Waals surface area (Å²) in [5.41, 5.74) is 0.870. The van der Waals surface area contributed by atoms with Gasteiger partial charge in [0.15, 0.2) is 0 Å². The summed E-state index contributed by atoms with van der Waals surface area (Å²) in [6, 6.07) is 1.79. The van der Waals surface area contributed by atoms with Gasteiger partial charge in [-0.3, -0.25) is 4.98 Å². The lowest BCUT2D eigenvalue weighted by Crippen LogP contribution is -1.91. The van der Waals surface area contributed by atoms with Gasteiger partial charge in [-0.25, -0.2) is 0 Å². The van der Waals surface area contributed by atoms with E-state index in [2.05, 4.69) is 20.9 Å². The van der Waals surface area contributed by atoms with Crippen LogP contribution in [0.3, 0.4) is 0 Å². The van der Waals surface area contributed by atoms with E-state index < -0.39 is 6.10 Å². The SMILES string of the molecule is C[C@@H](O)c1ccncc1Br. The van der Waals surface area contributed by atoms with E-state index in [9.17, 15) is 0 Å². The third kappa shape index (κ3) is 1.55. The summed E-state index contributed by atoms with van der Waals surface area (Å²) in [4.78, 5) is 3.87. The Bertz CT molecular complexity index is 225. The molecule has 0 aromatic carbocycles. The number of aromatic nitrogens is 1. The normalized spacial score (nSPS) is 13.1. The van der Waals surface area contributed by atoms with Crippen molar-refractivity contribution in [2.45, 2.75) is 13.0 Å². The molecule has 0 unspecified atom stereocenters. The molecular weight excluding hydrogens is 194 g/mol. The van der Waals surface area contributed by atoms with Gasteiger partial charge in [0.1, 0.15) is 0 Å². The average Bonchev–Trinajstić information content (AvgIpc) is 1.88. The number of aliphatic hydroxyl groups excluding tert-OH is 1. The van der Waals surface area contributed by atoms with Crippen molar-refractivity contribution in [3.63, 3.8) is 0 Å². The van der Waals surface area contributed by atoms with Gasteiger partial charge in [-0.2, -0.15) is 0 Å². The number of nitrogens with zero attached hydrogens (tertiary/aromatic N) is 1. The molecule has 0 aliphatic carbocycles. The van der Waals surface area contributed by atoms with Gasteiger partial charge < -0.3 is 5.11 Å². The van der Waals surface area contributed by atoms with Crippen molar-refractivity contribution in [1.29, 1.82) is 0 Å². The van der Waals surface area contributed by atoms with Crippen molar-refractivity contribution in [2.75, 3.05) is 0 Å². The highest BCUT2D eigenvalue weighted by Crippen LogP contribution is 2.20. The van der Waals surface area contributed by atoms with E-state index in [4.69, 9.17) is 5.11 Å². The fraction of sp³-hybridized carbons (Fsp3) is 0.286. The Morgan fingerprint density at radius 2 is 2.40 bits per heavy atom. The molecule has 10 heavy (non-hydrogen) atoms. The van der Waals surface area contributed by atoms with Crippen LogP contribution in [0.5, 0.6) is 0 Å².